The number of carbonyl (C=O) groups excluding carboxylic acids is 1. The van der Waals surface area contributed by atoms with Gasteiger partial charge < -0.3 is 15.8 Å². The van der Waals surface area contributed by atoms with Crippen LogP contribution >= 0.6 is 0 Å². The maximum absolute atomic E-state index is 11.8. The molecule has 2 unspecified atom stereocenters. The van der Waals surface area contributed by atoms with Crippen molar-refractivity contribution < 1.29 is 9.53 Å². The topological polar surface area (TPSA) is 64.3 Å². The number of nitrogens with one attached hydrogen (secondary N) is 1. The minimum absolute atomic E-state index is 0.0712. The first-order valence-electron chi connectivity index (χ1n) is 7.31. The number of ether oxygens (including phenoxy) is 1. The molecule has 1 amide bonds. The molecular formula is C16H26N2O2. The van der Waals surface area contributed by atoms with E-state index in [1.807, 2.05) is 31.2 Å². The van der Waals surface area contributed by atoms with Crippen LogP contribution in [0.5, 0.6) is 5.75 Å². The summed E-state index contributed by atoms with van der Waals surface area (Å²) in [6.45, 7) is 6.54. The largest absolute Gasteiger partial charge is 0.481 e. The fourth-order valence-corrected chi connectivity index (χ4v) is 1.87. The van der Waals surface area contributed by atoms with Crippen molar-refractivity contribution in [3.05, 3.63) is 29.8 Å². The predicted molar refractivity (Wildman–Crippen MR) is 81.8 cm³/mol. The van der Waals surface area contributed by atoms with Crippen molar-refractivity contribution in [2.24, 2.45) is 5.73 Å². The van der Waals surface area contributed by atoms with E-state index in [2.05, 4.69) is 12.2 Å². The molecule has 1 rings (SSSR count). The zero-order chi connectivity index (χ0) is 15.0. The zero-order valence-corrected chi connectivity index (χ0v) is 12.7. The number of hydrogen-bond acceptors (Lipinski definition) is 3. The smallest absolute Gasteiger partial charge is 0.260 e. The molecule has 0 fully saturated rings. The number of unbranched alkanes of at least 4 members (excludes halogenated alkanes) is 1. The molecule has 0 aliphatic heterocycles. The van der Waals surface area contributed by atoms with Gasteiger partial charge >= 0.3 is 0 Å². The predicted octanol–water partition coefficient (Wildman–Crippen LogP) is 2.26. The Labute approximate surface area is 121 Å². The Morgan fingerprint density at radius 1 is 1.30 bits per heavy atom. The molecule has 4 nitrogen and oxygen atoms in total. The minimum Gasteiger partial charge on any atom is -0.481 e. The summed E-state index contributed by atoms with van der Waals surface area (Å²) in [4.78, 5) is 11.8. The summed E-state index contributed by atoms with van der Waals surface area (Å²) in [6, 6.07) is 7.88. The first kappa shape index (κ1) is 16.5. The van der Waals surface area contributed by atoms with Gasteiger partial charge in [0.2, 0.25) is 0 Å². The molecule has 0 aliphatic carbocycles. The number of hydrogen-bond donors (Lipinski definition) is 2. The number of benzene rings is 1. The van der Waals surface area contributed by atoms with Gasteiger partial charge in [0.05, 0.1) is 0 Å². The lowest BCUT2D eigenvalue weighted by molar-refractivity contribution is -0.127. The van der Waals surface area contributed by atoms with Crippen molar-refractivity contribution in [2.75, 3.05) is 6.54 Å². The highest BCUT2D eigenvalue weighted by molar-refractivity contribution is 5.80. The quantitative estimate of drug-likeness (QED) is 0.717. The van der Waals surface area contributed by atoms with Crippen LogP contribution in [0.2, 0.25) is 0 Å². The molecule has 4 heteroatoms. The van der Waals surface area contributed by atoms with E-state index in [1.165, 1.54) is 5.56 Å². The highest BCUT2D eigenvalue weighted by Crippen LogP contribution is 2.14. The fraction of sp³-hybridized carbons (Fsp3) is 0.562. The molecule has 1 aromatic rings. The van der Waals surface area contributed by atoms with E-state index in [9.17, 15) is 4.79 Å². The maximum atomic E-state index is 11.8. The number of nitrogens with two attached hydrogens (primary N) is 1. The average molecular weight is 278 g/mol. The Balaban J connectivity index is 2.45. The van der Waals surface area contributed by atoms with E-state index in [4.69, 9.17) is 10.5 Å². The van der Waals surface area contributed by atoms with E-state index in [0.29, 0.717) is 12.3 Å². The van der Waals surface area contributed by atoms with E-state index in [1.54, 1.807) is 6.92 Å². The standard InChI is InChI=1S/C16H26N2O2/c1-4-5-10-18-16(19)13(3)20-15-8-6-14(7-9-15)11-12(2)17/h6-9,12-13H,4-5,10-11,17H2,1-3H3,(H,18,19). The van der Waals surface area contributed by atoms with Gasteiger partial charge in [0.25, 0.3) is 5.91 Å². The second kappa shape index (κ2) is 8.59. The van der Waals surface area contributed by atoms with Crippen molar-refractivity contribution in [3.63, 3.8) is 0 Å². The molecule has 20 heavy (non-hydrogen) atoms. The lowest BCUT2D eigenvalue weighted by atomic mass is 10.1. The van der Waals surface area contributed by atoms with Crippen LogP contribution in [0.15, 0.2) is 24.3 Å². The van der Waals surface area contributed by atoms with Gasteiger partial charge in [-0.3, -0.25) is 4.79 Å². The first-order chi connectivity index (χ1) is 9.52. The van der Waals surface area contributed by atoms with Crippen LogP contribution < -0.4 is 15.8 Å². The van der Waals surface area contributed by atoms with Gasteiger partial charge in [0.15, 0.2) is 6.10 Å². The fourth-order valence-electron chi connectivity index (χ4n) is 1.87. The molecule has 1 aromatic carbocycles. The number of amides is 1. The van der Waals surface area contributed by atoms with Gasteiger partial charge in [0.1, 0.15) is 5.75 Å². The maximum Gasteiger partial charge on any atom is 0.260 e. The molecule has 2 atom stereocenters. The molecule has 3 N–H and O–H groups in total. The Hall–Kier alpha value is -1.55. The number of carbonyl (C=O) groups is 1. The van der Waals surface area contributed by atoms with Crippen LogP contribution in [0.1, 0.15) is 39.2 Å². The molecule has 0 spiro atoms. The van der Waals surface area contributed by atoms with Gasteiger partial charge in [-0.2, -0.15) is 0 Å². The van der Waals surface area contributed by atoms with Gasteiger partial charge in [-0.05, 0) is 44.4 Å². The van der Waals surface area contributed by atoms with Crippen LogP contribution in [-0.2, 0) is 11.2 Å². The van der Waals surface area contributed by atoms with E-state index < -0.39 is 6.10 Å². The normalized spacial score (nSPS) is 13.6. The summed E-state index contributed by atoms with van der Waals surface area (Å²) < 4.78 is 5.62. The van der Waals surface area contributed by atoms with Crippen molar-refractivity contribution in [2.45, 2.75) is 52.2 Å². The summed E-state index contributed by atoms with van der Waals surface area (Å²) in [6.07, 6.45) is 2.42. The molecule has 0 radical (unpaired) electrons. The Bertz CT molecular complexity index is 401. The van der Waals surface area contributed by atoms with Gasteiger partial charge in [-0.15, -0.1) is 0 Å². The third kappa shape index (κ3) is 6.06. The molecule has 112 valence electrons. The second-order valence-electron chi connectivity index (χ2n) is 5.23. The van der Waals surface area contributed by atoms with Gasteiger partial charge in [-0.25, -0.2) is 0 Å². The average Bonchev–Trinajstić information content (AvgIpc) is 2.40. The number of rotatable bonds is 8. The van der Waals surface area contributed by atoms with Crippen molar-refractivity contribution in [3.8, 4) is 5.75 Å². The van der Waals surface area contributed by atoms with Gasteiger partial charge in [-0.1, -0.05) is 25.5 Å². The minimum atomic E-state index is -0.480. The summed E-state index contributed by atoms with van der Waals surface area (Å²) in [7, 11) is 0. The third-order valence-corrected chi connectivity index (χ3v) is 2.99. The SMILES string of the molecule is CCCCNC(=O)C(C)Oc1ccc(CC(C)N)cc1. The van der Waals surface area contributed by atoms with E-state index in [-0.39, 0.29) is 11.9 Å². The van der Waals surface area contributed by atoms with Crippen molar-refractivity contribution in [1.82, 2.24) is 5.32 Å². The van der Waals surface area contributed by atoms with Gasteiger partial charge in [0, 0.05) is 12.6 Å². The lowest BCUT2D eigenvalue weighted by Crippen LogP contribution is -2.36. The Morgan fingerprint density at radius 2 is 1.95 bits per heavy atom. The molecule has 0 aromatic heterocycles. The summed E-state index contributed by atoms with van der Waals surface area (Å²) in [5.74, 6) is 0.634. The third-order valence-electron chi connectivity index (χ3n) is 2.99. The van der Waals surface area contributed by atoms with Crippen molar-refractivity contribution >= 4 is 5.91 Å². The van der Waals surface area contributed by atoms with Crippen LogP contribution in [-0.4, -0.2) is 24.6 Å². The highest BCUT2D eigenvalue weighted by Gasteiger charge is 2.13. The van der Waals surface area contributed by atoms with Crippen LogP contribution in [0.25, 0.3) is 0 Å². The van der Waals surface area contributed by atoms with E-state index >= 15 is 0 Å². The van der Waals surface area contributed by atoms with E-state index in [0.717, 1.165) is 19.3 Å². The first-order valence-corrected chi connectivity index (χ1v) is 7.31. The van der Waals surface area contributed by atoms with Crippen LogP contribution in [0.4, 0.5) is 0 Å². The molecule has 0 bridgehead atoms. The summed E-state index contributed by atoms with van der Waals surface area (Å²) >= 11 is 0. The summed E-state index contributed by atoms with van der Waals surface area (Å²) in [5.41, 5.74) is 6.93. The zero-order valence-electron chi connectivity index (χ0n) is 12.7. The molecule has 0 saturated heterocycles. The highest BCUT2D eigenvalue weighted by atomic mass is 16.5. The molecular weight excluding hydrogens is 252 g/mol. The van der Waals surface area contributed by atoms with Crippen LogP contribution in [0.3, 0.4) is 0 Å². The lowest BCUT2D eigenvalue weighted by Gasteiger charge is -2.15. The Morgan fingerprint density at radius 3 is 2.50 bits per heavy atom. The monoisotopic (exact) mass is 278 g/mol. The molecule has 0 saturated carbocycles. The summed E-state index contributed by atoms with van der Waals surface area (Å²) in [5, 5.41) is 2.86. The van der Waals surface area contributed by atoms with Crippen LogP contribution in [0, 0.1) is 0 Å². The van der Waals surface area contributed by atoms with Crippen molar-refractivity contribution in [1.29, 1.82) is 0 Å². The second-order valence-corrected chi connectivity index (χ2v) is 5.23. The molecule has 0 aliphatic rings. The molecule has 0 heterocycles. The Kier molecular flexibility index (Phi) is 7.09.